The van der Waals surface area contributed by atoms with E-state index in [0.29, 0.717) is 12.1 Å². The first-order valence-corrected chi connectivity index (χ1v) is 7.02. The number of carbonyl (C=O) groups is 1. The molecule has 0 aliphatic carbocycles. The Morgan fingerprint density at radius 1 is 0.960 bits per heavy atom. The minimum Gasteiger partial charge on any atom is -0.376 e. The SMILES string of the molecule is C=CCN(CC=C)C(=O)CNc1cc(C(F)(F)F)cc(C(F)(F)F)c1. The van der Waals surface area contributed by atoms with E-state index in [-0.39, 0.29) is 19.2 Å². The highest BCUT2D eigenvalue weighted by Crippen LogP contribution is 2.37. The van der Waals surface area contributed by atoms with Gasteiger partial charge in [-0.15, -0.1) is 13.2 Å². The summed E-state index contributed by atoms with van der Waals surface area (Å²) in [6.45, 7) is 6.79. The number of halogens is 6. The van der Waals surface area contributed by atoms with Crippen molar-refractivity contribution < 1.29 is 31.1 Å². The highest BCUT2D eigenvalue weighted by atomic mass is 19.4. The molecule has 0 aliphatic rings. The number of nitrogens with one attached hydrogen (secondary N) is 1. The van der Waals surface area contributed by atoms with E-state index in [1.54, 1.807) is 0 Å². The van der Waals surface area contributed by atoms with Crippen LogP contribution in [0.5, 0.6) is 0 Å². The molecule has 0 saturated carbocycles. The van der Waals surface area contributed by atoms with E-state index in [1.165, 1.54) is 17.1 Å². The van der Waals surface area contributed by atoms with Crippen LogP contribution < -0.4 is 5.32 Å². The van der Waals surface area contributed by atoms with Gasteiger partial charge in [-0.3, -0.25) is 4.79 Å². The van der Waals surface area contributed by atoms with Crippen LogP contribution in [0.2, 0.25) is 0 Å². The van der Waals surface area contributed by atoms with E-state index in [0.717, 1.165) is 0 Å². The summed E-state index contributed by atoms with van der Waals surface area (Å²) in [5.74, 6) is -0.522. The number of rotatable bonds is 7. The Hall–Kier alpha value is -2.45. The van der Waals surface area contributed by atoms with Crippen molar-refractivity contribution in [3.8, 4) is 0 Å². The Morgan fingerprint density at radius 3 is 1.76 bits per heavy atom. The summed E-state index contributed by atoms with van der Waals surface area (Å²) in [7, 11) is 0. The minimum atomic E-state index is -4.95. The summed E-state index contributed by atoms with van der Waals surface area (Å²) in [6.07, 6.45) is -7.01. The number of carbonyl (C=O) groups excluding carboxylic acids is 1. The average Bonchev–Trinajstić information content (AvgIpc) is 2.50. The summed E-state index contributed by atoms with van der Waals surface area (Å²) in [5.41, 5.74) is -3.36. The summed E-state index contributed by atoms with van der Waals surface area (Å²) in [6, 6.07) is 1.07. The second-order valence-corrected chi connectivity index (χ2v) is 5.02. The fourth-order valence-electron chi connectivity index (χ4n) is 1.94. The van der Waals surface area contributed by atoms with Gasteiger partial charge in [0.2, 0.25) is 5.91 Å². The van der Waals surface area contributed by atoms with Crippen LogP contribution in [0.15, 0.2) is 43.5 Å². The molecule has 1 N–H and O–H groups in total. The van der Waals surface area contributed by atoms with Crippen LogP contribution in [0.3, 0.4) is 0 Å². The predicted octanol–water partition coefficient (Wildman–Crippen LogP) is 4.34. The van der Waals surface area contributed by atoms with Crippen LogP contribution >= 0.6 is 0 Å². The molecule has 0 aliphatic heterocycles. The summed E-state index contributed by atoms with van der Waals surface area (Å²) < 4.78 is 76.6. The zero-order valence-electron chi connectivity index (χ0n) is 13.0. The highest BCUT2D eigenvalue weighted by molar-refractivity contribution is 5.81. The lowest BCUT2D eigenvalue weighted by Crippen LogP contribution is -2.35. The molecule has 3 nitrogen and oxygen atoms in total. The van der Waals surface area contributed by atoms with Crippen molar-refractivity contribution in [2.75, 3.05) is 25.0 Å². The Bertz CT molecular complexity index is 594. The van der Waals surface area contributed by atoms with E-state index in [4.69, 9.17) is 0 Å². The van der Waals surface area contributed by atoms with Gasteiger partial charge in [-0.25, -0.2) is 0 Å². The topological polar surface area (TPSA) is 32.3 Å². The van der Waals surface area contributed by atoms with E-state index >= 15 is 0 Å². The van der Waals surface area contributed by atoms with Crippen LogP contribution in [0.25, 0.3) is 0 Å². The molecular weight excluding hydrogens is 350 g/mol. The van der Waals surface area contributed by atoms with E-state index < -0.39 is 41.6 Å². The maximum atomic E-state index is 12.8. The molecule has 1 amide bonds. The number of alkyl halides is 6. The van der Waals surface area contributed by atoms with Crippen molar-refractivity contribution in [3.63, 3.8) is 0 Å². The monoisotopic (exact) mass is 366 g/mol. The van der Waals surface area contributed by atoms with Gasteiger partial charge in [-0.05, 0) is 18.2 Å². The number of nitrogens with zero attached hydrogens (tertiary/aromatic N) is 1. The van der Waals surface area contributed by atoms with Gasteiger partial charge in [-0.2, -0.15) is 26.3 Å². The first-order chi connectivity index (χ1) is 11.5. The molecular formula is C16H16F6N2O. The highest BCUT2D eigenvalue weighted by Gasteiger charge is 2.36. The standard InChI is InChI=1S/C16H16F6N2O/c1-3-5-24(6-4-2)14(25)10-23-13-8-11(15(17,18)19)7-12(9-13)16(20,21)22/h3-4,7-9,23H,1-2,5-6,10H2. The van der Waals surface area contributed by atoms with Crippen molar-refractivity contribution in [2.45, 2.75) is 12.4 Å². The number of hydrogen-bond acceptors (Lipinski definition) is 2. The lowest BCUT2D eigenvalue weighted by Gasteiger charge is -2.20. The van der Waals surface area contributed by atoms with Gasteiger partial charge >= 0.3 is 12.4 Å². The number of amides is 1. The summed E-state index contributed by atoms with van der Waals surface area (Å²) >= 11 is 0. The first-order valence-electron chi connectivity index (χ1n) is 7.02. The Balaban J connectivity index is 3.02. The number of benzene rings is 1. The maximum Gasteiger partial charge on any atom is 0.416 e. The molecule has 9 heteroatoms. The van der Waals surface area contributed by atoms with Crippen molar-refractivity contribution in [1.82, 2.24) is 4.90 Å². The zero-order chi connectivity index (χ0) is 19.3. The van der Waals surface area contributed by atoms with Gasteiger partial charge in [0.05, 0.1) is 17.7 Å². The van der Waals surface area contributed by atoms with E-state index in [2.05, 4.69) is 18.5 Å². The molecule has 0 bridgehead atoms. The third kappa shape index (κ3) is 6.17. The smallest absolute Gasteiger partial charge is 0.376 e. The zero-order valence-corrected chi connectivity index (χ0v) is 13.0. The second kappa shape index (κ2) is 8.09. The largest absolute Gasteiger partial charge is 0.416 e. The molecule has 1 aromatic rings. The third-order valence-electron chi connectivity index (χ3n) is 3.08. The molecule has 0 atom stereocenters. The molecule has 0 saturated heterocycles. The molecule has 0 aromatic heterocycles. The maximum absolute atomic E-state index is 12.8. The average molecular weight is 366 g/mol. The van der Waals surface area contributed by atoms with Gasteiger partial charge < -0.3 is 10.2 Å². The molecule has 138 valence electrons. The van der Waals surface area contributed by atoms with Crippen LogP contribution in [0.4, 0.5) is 32.0 Å². The van der Waals surface area contributed by atoms with Crippen LogP contribution in [-0.4, -0.2) is 30.4 Å². The molecule has 0 fully saturated rings. The number of anilines is 1. The molecule has 0 radical (unpaired) electrons. The normalized spacial score (nSPS) is 11.8. The van der Waals surface area contributed by atoms with Gasteiger partial charge in [0.25, 0.3) is 0 Å². The predicted molar refractivity (Wildman–Crippen MR) is 81.9 cm³/mol. The van der Waals surface area contributed by atoms with Crippen molar-refractivity contribution in [2.24, 2.45) is 0 Å². The Kier molecular flexibility index (Phi) is 6.66. The summed E-state index contributed by atoms with van der Waals surface area (Å²) in [5, 5.41) is 2.31. The molecule has 1 aromatic carbocycles. The minimum absolute atomic E-state index is 0.0226. The Labute approximate surface area is 140 Å². The van der Waals surface area contributed by atoms with E-state index in [9.17, 15) is 31.1 Å². The third-order valence-corrected chi connectivity index (χ3v) is 3.08. The van der Waals surface area contributed by atoms with Crippen LogP contribution in [0.1, 0.15) is 11.1 Å². The Morgan fingerprint density at radius 2 is 1.40 bits per heavy atom. The molecule has 0 heterocycles. The summed E-state index contributed by atoms with van der Waals surface area (Å²) in [4.78, 5) is 13.3. The fourth-order valence-corrected chi connectivity index (χ4v) is 1.94. The van der Waals surface area contributed by atoms with Gasteiger partial charge in [0, 0.05) is 18.8 Å². The van der Waals surface area contributed by atoms with Crippen LogP contribution in [0, 0.1) is 0 Å². The lowest BCUT2D eigenvalue weighted by atomic mass is 10.1. The van der Waals surface area contributed by atoms with Crippen molar-refractivity contribution >= 4 is 11.6 Å². The van der Waals surface area contributed by atoms with Gasteiger partial charge in [-0.1, -0.05) is 12.2 Å². The molecule has 0 spiro atoms. The fraction of sp³-hybridized carbons (Fsp3) is 0.312. The molecule has 0 unspecified atom stereocenters. The van der Waals surface area contributed by atoms with Crippen LogP contribution in [-0.2, 0) is 17.1 Å². The van der Waals surface area contributed by atoms with Crippen molar-refractivity contribution in [1.29, 1.82) is 0 Å². The first kappa shape index (κ1) is 20.6. The molecule has 25 heavy (non-hydrogen) atoms. The van der Waals surface area contributed by atoms with Gasteiger partial charge in [0.1, 0.15) is 0 Å². The number of hydrogen-bond donors (Lipinski definition) is 1. The lowest BCUT2D eigenvalue weighted by molar-refractivity contribution is -0.143. The second-order valence-electron chi connectivity index (χ2n) is 5.02. The molecule has 1 rings (SSSR count). The van der Waals surface area contributed by atoms with Gasteiger partial charge in [0.15, 0.2) is 0 Å². The van der Waals surface area contributed by atoms with E-state index in [1.807, 2.05) is 0 Å². The van der Waals surface area contributed by atoms with Crippen molar-refractivity contribution in [3.05, 3.63) is 54.6 Å². The quantitative estimate of drug-likeness (QED) is 0.575.